The van der Waals surface area contributed by atoms with Crippen LogP contribution >= 0.6 is 0 Å². The number of hydrogen-bond acceptors (Lipinski definition) is 4. The Morgan fingerprint density at radius 1 is 0.762 bits per heavy atom. The summed E-state index contributed by atoms with van der Waals surface area (Å²) in [6, 6.07) is 0. The van der Waals surface area contributed by atoms with E-state index < -0.39 is 10.4 Å². The third kappa shape index (κ3) is 70.8. The monoisotopic (exact) mass is 352 g/mol. The summed E-state index contributed by atoms with van der Waals surface area (Å²) in [5, 5.41) is 0. The maximum atomic E-state index is 8.52. The van der Waals surface area contributed by atoms with Gasteiger partial charge in [-0.1, -0.05) is 64.7 Å². The van der Waals surface area contributed by atoms with Crippen molar-refractivity contribution in [3.05, 3.63) is 6.92 Å². The van der Waals surface area contributed by atoms with E-state index in [2.05, 4.69) is 13.8 Å². The Labute approximate surface area is 197 Å². The Morgan fingerprint density at radius 2 is 1.00 bits per heavy atom. The molecule has 0 saturated carbocycles. The maximum absolute atomic E-state index is 8.52. The molecule has 0 atom stereocenters. The van der Waals surface area contributed by atoms with Crippen molar-refractivity contribution in [1.29, 1.82) is 0 Å². The van der Waals surface area contributed by atoms with Crippen molar-refractivity contribution in [3.8, 4) is 0 Å². The first-order chi connectivity index (χ1) is 7.91. The van der Waals surface area contributed by atoms with Crippen LogP contribution in [0.15, 0.2) is 0 Å². The van der Waals surface area contributed by atoms with E-state index in [0.717, 1.165) is 6.42 Å². The van der Waals surface area contributed by atoms with Crippen LogP contribution in [-0.2, 0) is 10.4 Å². The molecule has 0 spiro atoms. The van der Waals surface area contributed by atoms with E-state index in [1.165, 1.54) is 57.8 Å². The van der Waals surface area contributed by atoms with Gasteiger partial charge in [-0.2, -0.15) is 6.42 Å². The van der Waals surface area contributed by atoms with Crippen molar-refractivity contribution in [2.24, 2.45) is 0 Å². The summed E-state index contributed by atoms with van der Waals surface area (Å²) in [4.78, 5) is 0. The molecule has 0 amide bonds. The largest absolute Gasteiger partial charge is 1.00 e. The fourth-order valence-corrected chi connectivity index (χ4v) is 1.49. The van der Waals surface area contributed by atoms with Crippen molar-refractivity contribution in [3.63, 3.8) is 0 Å². The smallest absolute Gasteiger partial charge is 0.759 e. The fraction of sp³-hybridized carbons (Fsp3) is 0.917. The second kappa shape index (κ2) is 30.7. The summed E-state index contributed by atoms with van der Waals surface area (Å²) in [5.41, 5.74) is 0. The van der Waals surface area contributed by atoms with Crippen LogP contribution in [0.5, 0.6) is 0 Å². The van der Waals surface area contributed by atoms with Gasteiger partial charge in [0.05, 0.1) is 0 Å². The van der Waals surface area contributed by atoms with Crippen LogP contribution in [-0.4, -0.2) is 23.0 Å². The van der Waals surface area contributed by atoms with Gasteiger partial charge in [0.15, 0.2) is 0 Å². The van der Waals surface area contributed by atoms with E-state index in [0.29, 0.717) is 0 Å². The van der Waals surface area contributed by atoms with Crippen LogP contribution in [0.4, 0.5) is 0 Å². The third-order valence-corrected chi connectivity index (χ3v) is 2.35. The van der Waals surface area contributed by atoms with Gasteiger partial charge in [-0.15, -0.1) is 0 Å². The zero-order valence-electron chi connectivity index (χ0n) is 14.3. The van der Waals surface area contributed by atoms with Crippen molar-refractivity contribution in [2.45, 2.75) is 71.1 Å². The summed E-state index contributed by atoms with van der Waals surface area (Å²) in [7, 11) is -5.17. The molecule has 0 unspecified atom stereocenters. The van der Waals surface area contributed by atoms with Crippen molar-refractivity contribution < 1.29 is 112 Å². The quantitative estimate of drug-likeness (QED) is 0.135. The first kappa shape index (κ1) is 39.1. The normalized spacial score (nSPS) is 8.76. The molecule has 0 aliphatic rings. The predicted octanol–water partition coefficient (Wildman–Crippen LogP) is -6.41. The van der Waals surface area contributed by atoms with Crippen LogP contribution in [0.1, 0.15) is 71.1 Å². The standard InChI is InChI=1S/C12H25.3Na.H2O4S.H2O/c1-3-5-7-9-11-12-10-8-6-4-2;;;;1-5(2,3)4;/h1,3-12H2,2H3;;;;(H2,1,2,3,4);1H2/q-1;3*+1;;/p-2. The summed E-state index contributed by atoms with van der Waals surface area (Å²) < 4.78 is 34.1. The average Bonchev–Trinajstić information content (AvgIpc) is 2.20. The van der Waals surface area contributed by atoms with Crippen LogP contribution in [0.25, 0.3) is 0 Å². The minimum absolute atomic E-state index is 0. The first-order valence-corrected chi connectivity index (χ1v) is 7.71. The molecule has 9 heteroatoms. The summed E-state index contributed by atoms with van der Waals surface area (Å²) >= 11 is 0. The van der Waals surface area contributed by atoms with E-state index >= 15 is 0 Å². The molecule has 0 heterocycles. The van der Waals surface area contributed by atoms with Crippen molar-refractivity contribution >= 4 is 10.4 Å². The van der Waals surface area contributed by atoms with Crippen molar-refractivity contribution in [2.75, 3.05) is 0 Å². The Kier molecular flexibility index (Phi) is 57.1. The van der Waals surface area contributed by atoms with Crippen LogP contribution in [0.3, 0.4) is 0 Å². The molecule has 2 N–H and O–H groups in total. The zero-order valence-corrected chi connectivity index (χ0v) is 21.1. The second-order valence-electron chi connectivity index (χ2n) is 4.09. The molecule has 0 fully saturated rings. The Morgan fingerprint density at radius 3 is 1.24 bits per heavy atom. The van der Waals surface area contributed by atoms with E-state index in [4.69, 9.17) is 17.5 Å². The van der Waals surface area contributed by atoms with Crippen LogP contribution < -0.4 is 88.7 Å². The molecule has 0 radical (unpaired) electrons. The molecular weight excluding hydrogens is 325 g/mol. The third-order valence-electron chi connectivity index (χ3n) is 2.35. The molecule has 5 nitrogen and oxygen atoms in total. The Balaban J connectivity index is -0.0000000552. The molecule has 0 aliphatic heterocycles. The summed E-state index contributed by atoms with van der Waals surface area (Å²) in [6.07, 6.45) is 13.9. The molecule has 0 aliphatic carbocycles. The second-order valence-corrected chi connectivity index (χ2v) is 4.91. The van der Waals surface area contributed by atoms with E-state index in [1.807, 2.05) is 0 Å². The average molecular weight is 352 g/mol. The number of unbranched alkanes of at least 4 members (excludes halogenated alkanes) is 9. The van der Waals surface area contributed by atoms with Crippen molar-refractivity contribution in [1.82, 2.24) is 0 Å². The minimum Gasteiger partial charge on any atom is -0.759 e. The van der Waals surface area contributed by atoms with Gasteiger partial charge >= 0.3 is 88.7 Å². The molecule has 0 saturated heterocycles. The van der Waals surface area contributed by atoms with Gasteiger partial charge in [0.25, 0.3) is 0 Å². The Bertz CT molecular complexity index is 221. The van der Waals surface area contributed by atoms with Gasteiger partial charge in [-0.05, 0) is 0 Å². The van der Waals surface area contributed by atoms with Gasteiger partial charge in [-0.3, -0.25) is 8.42 Å². The molecule has 114 valence electrons. The summed E-state index contributed by atoms with van der Waals surface area (Å²) in [6.45, 7) is 6.12. The number of rotatable bonds is 9. The van der Waals surface area contributed by atoms with Gasteiger partial charge in [0, 0.05) is 10.4 Å². The summed E-state index contributed by atoms with van der Waals surface area (Å²) in [5.74, 6) is 0. The first-order valence-electron chi connectivity index (χ1n) is 6.37. The van der Waals surface area contributed by atoms with E-state index in [9.17, 15) is 0 Å². The molecular formula is C12H27Na3O5S. The number of hydrogen-bond donors (Lipinski definition) is 0. The molecule has 0 aromatic carbocycles. The SMILES string of the molecule is O.O=S(=O)([O-])[O-].[CH2-]CCCCCCCCCCC.[Na+].[Na+].[Na+]. The van der Waals surface area contributed by atoms with Crippen LogP contribution in [0, 0.1) is 6.92 Å². The zero-order chi connectivity index (χ0) is 13.6. The Hall–Kier alpha value is 2.83. The topological polar surface area (TPSA) is 112 Å². The maximum Gasteiger partial charge on any atom is 1.00 e. The van der Waals surface area contributed by atoms with E-state index in [-0.39, 0.29) is 94.1 Å². The molecule has 0 bridgehead atoms. The molecule has 0 aromatic heterocycles. The molecule has 0 rings (SSSR count). The predicted molar refractivity (Wildman–Crippen MR) is 71.3 cm³/mol. The minimum atomic E-state index is -5.17. The van der Waals surface area contributed by atoms with Gasteiger partial charge in [-0.25, -0.2) is 0 Å². The van der Waals surface area contributed by atoms with Gasteiger partial charge < -0.3 is 21.5 Å². The van der Waals surface area contributed by atoms with Gasteiger partial charge in [0.1, 0.15) is 0 Å². The fourth-order valence-electron chi connectivity index (χ4n) is 1.49. The van der Waals surface area contributed by atoms with Crippen LogP contribution in [0.2, 0.25) is 0 Å². The van der Waals surface area contributed by atoms with E-state index in [1.54, 1.807) is 0 Å². The van der Waals surface area contributed by atoms with Gasteiger partial charge in [0.2, 0.25) is 0 Å². The molecule has 21 heavy (non-hydrogen) atoms. The molecule has 0 aromatic rings.